The van der Waals surface area contributed by atoms with Gasteiger partial charge in [-0.05, 0) is 18.3 Å². The third-order valence-electron chi connectivity index (χ3n) is 2.42. The maximum atomic E-state index is 3.63. The minimum atomic E-state index is 0.595. The van der Waals surface area contributed by atoms with Crippen LogP contribution in [0.5, 0.6) is 0 Å². The zero-order chi connectivity index (χ0) is 11.4. The van der Waals surface area contributed by atoms with Crippen molar-refractivity contribution in [1.29, 1.82) is 0 Å². The molecule has 0 aromatic carbocycles. The van der Waals surface area contributed by atoms with E-state index < -0.39 is 0 Å². The minimum absolute atomic E-state index is 0.595. The van der Waals surface area contributed by atoms with Crippen LogP contribution in [0.15, 0.2) is 25.3 Å². The van der Waals surface area contributed by atoms with E-state index in [0.29, 0.717) is 5.92 Å². The zero-order valence-electron chi connectivity index (χ0n) is 10.6. The number of rotatable bonds is 6. The molecule has 0 rings (SSSR count). The Kier molecular flexibility index (Phi) is 14.2. The van der Waals surface area contributed by atoms with Crippen LogP contribution >= 0.6 is 0 Å². The first kappa shape index (κ1) is 15.9. The Morgan fingerprint density at radius 1 is 1.14 bits per heavy atom. The number of hydrogen-bond acceptors (Lipinski definition) is 0. The first-order chi connectivity index (χ1) is 6.62. The van der Waals surface area contributed by atoms with Gasteiger partial charge in [0.15, 0.2) is 0 Å². The van der Waals surface area contributed by atoms with E-state index >= 15 is 0 Å². The second kappa shape index (κ2) is 12.5. The summed E-state index contributed by atoms with van der Waals surface area (Å²) < 4.78 is 0. The van der Waals surface area contributed by atoms with E-state index in [1.54, 1.807) is 0 Å². The monoisotopic (exact) mass is 196 g/mol. The van der Waals surface area contributed by atoms with Gasteiger partial charge in [-0.15, -0.1) is 13.2 Å². The van der Waals surface area contributed by atoms with E-state index in [0.717, 1.165) is 12.3 Å². The molecule has 0 saturated carbocycles. The maximum Gasteiger partial charge on any atom is -0.0230 e. The van der Waals surface area contributed by atoms with E-state index in [4.69, 9.17) is 0 Å². The van der Waals surface area contributed by atoms with Crippen molar-refractivity contribution in [2.45, 2.75) is 53.4 Å². The van der Waals surface area contributed by atoms with E-state index in [9.17, 15) is 0 Å². The lowest BCUT2D eigenvalue weighted by molar-refractivity contribution is 0.509. The van der Waals surface area contributed by atoms with Gasteiger partial charge >= 0.3 is 0 Å². The highest BCUT2D eigenvalue weighted by molar-refractivity contribution is 4.81. The Balaban J connectivity index is 0. The molecule has 14 heavy (non-hydrogen) atoms. The van der Waals surface area contributed by atoms with Crippen molar-refractivity contribution in [2.75, 3.05) is 0 Å². The van der Waals surface area contributed by atoms with Crippen LogP contribution in [-0.4, -0.2) is 0 Å². The van der Waals surface area contributed by atoms with Crippen molar-refractivity contribution in [3.63, 3.8) is 0 Å². The van der Waals surface area contributed by atoms with Gasteiger partial charge in [-0.25, -0.2) is 0 Å². The zero-order valence-corrected chi connectivity index (χ0v) is 10.6. The van der Waals surface area contributed by atoms with E-state index in [2.05, 4.69) is 40.9 Å². The highest BCUT2D eigenvalue weighted by Gasteiger charge is 1.92. The van der Waals surface area contributed by atoms with Gasteiger partial charge in [-0.1, -0.05) is 59.1 Å². The lowest BCUT2D eigenvalue weighted by Gasteiger charge is -2.02. The van der Waals surface area contributed by atoms with Crippen molar-refractivity contribution in [3.8, 4) is 0 Å². The fourth-order valence-electron chi connectivity index (χ4n) is 1.06. The SMILES string of the molecule is C=CCC(C)C=C.CCCC(C)CC. The van der Waals surface area contributed by atoms with Crippen LogP contribution in [0.2, 0.25) is 0 Å². The first-order valence-electron chi connectivity index (χ1n) is 5.85. The molecule has 84 valence electrons. The van der Waals surface area contributed by atoms with Gasteiger partial charge in [0.1, 0.15) is 0 Å². The van der Waals surface area contributed by atoms with Crippen molar-refractivity contribution in [1.82, 2.24) is 0 Å². The summed E-state index contributed by atoms with van der Waals surface area (Å²) in [5.41, 5.74) is 0. The van der Waals surface area contributed by atoms with Crippen LogP contribution in [0, 0.1) is 11.8 Å². The second-order valence-corrected chi connectivity index (χ2v) is 4.04. The number of hydrogen-bond donors (Lipinski definition) is 0. The molecular formula is C14H28. The first-order valence-corrected chi connectivity index (χ1v) is 5.85. The van der Waals surface area contributed by atoms with Gasteiger partial charge in [0.2, 0.25) is 0 Å². The minimum Gasteiger partial charge on any atom is -0.103 e. The lowest BCUT2D eigenvalue weighted by Crippen LogP contribution is -1.88. The van der Waals surface area contributed by atoms with Crippen molar-refractivity contribution in [3.05, 3.63) is 25.3 Å². The van der Waals surface area contributed by atoms with Crippen molar-refractivity contribution >= 4 is 0 Å². The molecule has 0 aromatic heterocycles. The topological polar surface area (TPSA) is 0 Å². The summed E-state index contributed by atoms with van der Waals surface area (Å²) in [5, 5.41) is 0. The molecule has 0 amide bonds. The average Bonchev–Trinajstić information content (AvgIpc) is 2.19. The van der Waals surface area contributed by atoms with Crippen LogP contribution in [0.1, 0.15) is 53.4 Å². The highest BCUT2D eigenvalue weighted by atomic mass is 14.0. The Morgan fingerprint density at radius 2 is 1.71 bits per heavy atom. The van der Waals surface area contributed by atoms with E-state index in [1.807, 2.05) is 12.2 Å². The number of allylic oxidation sites excluding steroid dienone is 2. The molecule has 0 aliphatic heterocycles. The molecule has 0 aliphatic rings. The molecule has 0 spiro atoms. The third kappa shape index (κ3) is 14.0. The van der Waals surface area contributed by atoms with E-state index in [1.165, 1.54) is 19.3 Å². The smallest absolute Gasteiger partial charge is 0.0230 e. The Hall–Kier alpha value is -0.520. The molecule has 0 nitrogen and oxygen atoms in total. The molecule has 0 bridgehead atoms. The third-order valence-corrected chi connectivity index (χ3v) is 2.42. The van der Waals surface area contributed by atoms with Crippen molar-refractivity contribution < 1.29 is 0 Å². The molecule has 0 fully saturated rings. The van der Waals surface area contributed by atoms with Crippen LogP contribution in [0.25, 0.3) is 0 Å². The molecule has 0 heteroatoms. The fraction of sp³-hybridized carbons (Fsp3) is 0.714. The molecular weight excluding hydrogens is 168 g/mol. The Bertz CT molecular complexity index is 124. The van der Waals surface area contributed by atoms with Gasteiger partial charge in [-0.2, -0.15) is 0 Å². The summed E-state index contributed by atoms with van der Waals surface area (Å²) in [6.07, 6.45) is 8.97. The molecule has 0 radical (unpaired) electrons. The fourth-order valence-corrected chi connectivity index (χ4v) is 1.06. The second-order valence-electron chi connectivity index (χ2n) is 4.04. The van der Waals surface area contributed by atoms with Gasteiger partial charge in [0.25, 0.3) is 0 Å². The van der Waals surface area contributed by atoms with E-state index in [-0.39, 0.29) is 0 Å². The van der Waals surface area contributed by atoms with Crippen LogP contribution < -0.4 is 0 Å². The van der Waals surface area contributed by atoms with Gasteiger partial charge in [-0.3, -0.25) is 0 Å². The average molecular weight is 196 g/mol. The molecule has 2 unspecified atom stereocenters. The van der Waals surface area contributed by atoms with Gasteiger partial charge in [0, 0.05) is 0 Å². The van der Waals surface area contributed by atoms with Crippen LogP contribution in [0.3, 0.4) is 0 Å². The quantitative estimate of drug-likeness (QED) is 0.511. The normalized spacial score (nSPS) is 13.4. The predicted octanol–water partition coefficient (Wildman–Crippen LogP) is 5.22. The molecule has 2 atom stereocenters. The predicted molar refractivity (Wildman–Crippen MR) is 68.5 cm³/mol. The summed E-state index contributed by atoms with van der Waals surface area (Å²) in [4.78, 5) is 0. The standard InChI is InChI=1S/C7H16.C7H12/c2*1-4-6-7(3)5-2/h7H,4-6H2,1-3H3;4-5,7H,1-2,6H2,3H3. The Morgan fingerprint density at radius 3 is 1.86 bits per heavy atom. The molecule has 0 saturated heterocycles. The maximum absolute atomic E-state index is 3.63. The van der Waals surface area contributed by atoms with Crippen LogP contribution in [0.4, 0.5) is 0 Å². The summed E-state index contributed by atoms with van der Waals surface area (Å²) >= 11 is 0. The largest absolute Gasteiger partial charge is 0.103 e. The lowest BCUT2D eigenvalue weighted by atomic mass is 10.0. The Labute approximate surface area is 91.1 Å². The summed E-state index contributed by atoms with van der Waals surface area (Å²) in [7, 11) is 0. The van der Waals surface area contributed by atoms with Crippen LogP contribution in [-0.2, 0) is 0 Å². The summed E-state index contributed by atoms with van der Waals surface area (Å²) in [6, 6.07) is 0. The highest BCUT2D eigenvalue weighted by Crippen LogP contribution is 2.07. The summed E-state index contributed by atoms with van der Waals surface area (Å²) in [6.45, 7) is 16.2. The molecule has 0 aliphatic carbocycles. The molecule has 0 heterocycles. The molecule has 0 aromatic rings. The summed E-state index contributed by atoms with van der Waals surface area (Å²) in [5.74, 6) is 1.54. The van der Waals surface area contributed by atoms with Crippen molar-refractivity contribution in [2.24, 2.45) is 11.8 Å². The van der Waals surface area contributed by atoms with Gasteiger partial charge < -0.3 is 0 Å². The van der Waals surface area contributed by atoms with Gasteiger partial charge in [0.05, 0.1) is 0 Å². The molecule has 0 N–H and O–H groups in total.